The number of nitrogens with zero attached hydrogens (tertiary/aromatic N) is 2. The molecule has 118 valence electrons. The fourth-order valence-corrected chi connectivity index (χ4v) is 3.29. The van der Waals surface area contributed by atoms with Gasteiger partial charge in [-0.15, -0.1) is 0 Å². The Morgan fingerprint density at radius 1 is 1.13 bits per heavy atom. The number of benzene rings is 2. The Hall–Kier alpha value is -1.83. The van der Waals surface area contributed by atoms with Gasteiger partial charge in [0.05, 0.1) is 25.2 Å². The number of halogens is 1. The van der Waals surface area contributed by atoms with Gasteiger partial charge in [0.25, 0.3) is 0 Å². The summed E-state index contributed by atoms with van der Waals surface area (Å²) in [5.74, 6) is 0. The van der Waals surface area contributed by atoms with E-state index in [1.165, 1.54) is 5.56 Å². The maximum atomic E-state index is 9.10. The summed E-state index contributed by atoms with van der Waals surface area (Å²) in [6.07, 6.45) is 1.59. The summed E-state index contributed by atoms with van der Waals surface area (Å²) in [6, 6.07) is 21.0. The van der Waals surface area contributed by atoms with Gasteiger partial charge in [0.15, 0.2) is 0 Å². The van der Waals surface area contributed by atoms with Crippen LogP contribution in [0, 0.1) is 11.3 Å². The first kappa shape index (κ1) is 16.0. The van der Waals surface area contributed by atoms with E-state index in [2.05, 4.69) is 51.2 Å². The Bertz CT molecular complexity index is 666. The lowest BCUT2D eigenvalue weighted by Gasteiger charge is -2.24. The summed E-state index contributed by atoms with van der Waals surface area (Å²) >= 11 is 3.47. The quantitative estimate of drug-likeness (QED) is 0.775. The lowest BCUT2D eigenvalue weighted by molar-refractivity contribution is 0.0534. The molecule has 0 unspecified atom stereocenters. The number of ether oxygens (including phenoxy) is 1. The zero-order valence-corrected chi connectivity index (χ0v) is 14.4. The van der Waals surface area contributed by atoms with E-state index < -0.39 is 0 Å². The molecule has 3 rings (SSSR count). The largest absolute Gasteiger partial charge is 0.372 e. The van der Waals surface area contributed by atoms with Crippen molar-refractivity contribution in [3.05, 3.63) is 64.6 Å². The molecule has 2 atom stereocenters. The SMILES string of the molecule is N#CC[C@@H]1C[C@@H](OCc2ccccc2)CN1c1ccc(Br)cc1. The molecule has 0 aromatic heterocycles. The molecular formula is C19H19BrN2O. The van der Waals surface area contributed by atoms with Crippen molar-refractivity contribution in [2.75, 3.05) is 11.4 Å². The number of anilines is 1. The van der Waals surface area contributed by atoms with E-state index in [1.807, 2.05) is 30.3 Å². The van der Waals surface area contributed by atoms with E-state index >= 15 is 0 Å². The van der Waals surface area contributed by atoms with Crippen molar-refractivity contribution in [2.24, 2.45) is 0 Å². The minimum atomic E-state index is 0.164. The molecule has 3 nitrogen and oxygen atoms in total. The minimum absolute atomic E-state index is 0.164. The van der Waals surface area contributed by atoms with Crippen LogP contribution in [0.1, 0.15) is 18.4 Å². The van der Waals surface area contributed by atoms with Gasteiger partial charge in [-0.2, -0.15) is 5.26 Å². The van der Waals surface area contributed by atoms with Gasteiger partial charge in [-0.05, 0) is 36.2 Å². The van der Waals surface area contributed by atoms with Crippen LogP contribution in [-0.2, 0) is 11.3 Å². The standard InChI is InChI=1S/C19H19BrN2O/c20-16-6-8-17(9-7-16)22-13-19(12-18(22)10-11-21)23-14-15-4-2-1-3-5-15/h1-9,18-19H,10,12-14H2/t18-,19-/m1/s1. The van der Waals surface area contributed by atoms with Crippen LogP contribution in [0.5, 0.6) is 0 Å². The number of nitriles is 1. The molecule has 0 spiro atoms. The van der Waals surface area contributed by atoms with E-state index in [4.69, 9.17) is 10.00 Å². The summed E-state index contributed by atoms with van der Waals surface area (Å²) in [4.78, 5) is 2.30. The molecule has 0 bridgehead atoms. The van der Waals surface area contributed by atoms with Gasteiger partial charge in [-0.1, -0.05) is 46.3 Å². The molecule has 0 N–H and O–H groups in total. The molecule has 1 fully saturated rings. The van der Waals surface area contributed by atoms with Gasteiger partial charge in [-0.3, -0.25) is 0 Å². The number of rotatable bonds is 5. The summed E-state index contributed by atoms with van der Waals surface area (Å²) in [5.41, 5.74) is 2.34. The Morgan fingerprint density at radius 3 is 2.57 bits per heavy atom. The summed E-state index contributed by atoms with van der Waals surface area (Å²) in [5, 5.41) is 9.10. The number of hydrogen-bond acceptors (Lipinski definition) is 3. The highest BCUT2D eigenvalue weighted by molar-refractivity contribution is 9.10. The van der Waals surface area contributed by atoms with Crippen LogP contribution in [0.4, 0.5) is 5.69 Å². The molecule has 0 aliphatic carbocycles. The highest BCUT2D eigenvalue weighted by Crippen LogP contribution is 2.30. The lowest BCUT2D eigenvalue weighted by Crippen LogP contribution is -2.29. The first-order valence-electron chi connectivity index (χ1n) is 7.81. The topological polar surface area (TPSA) is 36.3 Å². The Morgan fingerprint density at radius 2 is 1.87 bits per heavy atom. The van der Waals surface area contributed by atoms with Gasteiger partial charge in [0.2, 0.25) is 0 Å². The maximum Gasteiger partial charge on any atom is 0.0774 e. The molecule has 23 heavy (non-hydrogen) atoms. The van der Waals surface area contributed by atoms with E-state index in [9.17, 15) is 0 Å². The smallest absolute Gasteiger partial charge is 0.0774 e. The van der Waals surface area contributed by atoms with Crippen LogP contribution >= 0.6 is 15.9 Å². The third kappa shape index (κ3) is 4.13. The van der Waals surface area contributed by atoms with E-state index in [-0.39, 0.29) is 12.1 Å². The van der Waals surface area contributed by atoms with Crippen molar-refractivity contribution < 1.29 is 4.74 Å². The fourth-order valence-electron chi connectivity index (χ4n) is 3.03. The predicted octanol–water partition coefficient (Wildman–Crippen LogP) is 4.53. The minimum Gasteiger partial charge on any atom is -0.372 e. The second-order valence-electron chi connectivity index (χ2n) is 5.80. The van der Waals surface area contributed by atoms with E-state index in [0.717, 1.165) is 23.1 Å². The highest BCUT2D eigenvalue weighted by atomic mass is 79.9. The predicted molar refractivity (Wildman–Crippen MR) is 95.1 cm³/mol. The van der Waals surface area contributed by atoms with Crippen molar-refractivity contribution >= 4 is 21.6 Å². The first-order valence-corrected chi connectivity index (χ1v) is 8.60. The molecule has 4 heteroatoms. The first-order chi connectivity index (χ1) is 11.3. The average Bonchev–Trinajstić information content (AvgIpc) is 2.98. The van der Waals surface area contributed by atoms with E-state index in [0.29, 0.717) is 13.0 Å². The number of hydrogen-bond donors (Lipinski definition) is 0. The highest BCUT2D eigenvalue weighted by Gasteiger charge is 2.32. The third-order valence-corrected chi connectivity index (χ3v) is 4.72. The van der Waals surface area contributed by atoms with Crippen LogP contribution in [0.25, 0.3) is 0 Å². The fraction of sp³-hybridized carbons (Fsp3) is 0.316. The van der Waals surface area contributed by atoms with Gasteiger partial charge in [0, 0.05) is 22.7 Å². The van der Waals surface area contributed by atoms with Crippen molar-refractivity contribution in [3.8, 4) is 6.07 Å². The Balaban J connectivity index is 1.66. The third-order valence-electron chi connectivity index (χ3n) is 4.19. The molecular weight excluding hydrogens is 352 g/mol. The molecule has 1 saturated heterocycles. The Labute approximate surface area is 145 Å². The van der Waals surface area contributed by atoms with Gasteiger partial charge >= 0.3 is 0 Å². The lowest BCUT2D eigenvalue weighted by atomic mass is 10.1. The second kappa shape index (κ2) is 7.63. The van der Waals surface area contributed by atoms with Crippen LogP contribution in [0.15, 0.2) is 59.1 Å². The summed E-state index contributed by atoms with van der Waals surface area (Å²) < 4.78 is 7.14. The monoisotopic (exact) mass is 370 g/mol. The average molecular weight is 371 g/mol. The zero-order valence-electron chi connectivity index (χ0n) is 12.9. The molecule has 2 aromatic rings. The molecule has 0 saturated carbocycles. The second-order valence-corrected chi connectivity index (χ2v) is 6.71. The molecule has 0 amide bonds. The van der Waals surface area contributed by atoms with Crippen molar-refractivity contribution in [2.45, 2.75) is 31.6 Å². The van der Waals surface area contributed by atoms with Gasteiger partial charge < -0.3 is 9.64 Å². The molecule has 2 aromatic carbocycles. The maximum absolute atomic E-state index is 9.10. The normalized spacial score (nSPS) is 20.4. The van der Waals surface area contributed by atoms with Crippen molar-refractivity contribution in [1.29, 1.82) is 5.26 Å². The zero-order chi connectivity index (χ0) is 16.1. The molecule has 1 aliphatic heterocycles. The van der Waals surface area contributed by atoms with E-state index in [1.54, 1.807) is 0 Å². The molecule has 1 heterocycles. The van der Waals surface area contributed by atoms with Crippen LogP contribution < -0.4 is 4.90 Å². The Kier molecular flexibility index (Phi) is 5.32. The van der Waals surface area contributed by atoms with Crippen LogP contribution in [-0.4, -0.2) is 18.7 Å². The summed E-state index contributed by atoms with van der Waals surface area (Å²) in [6.45, 7) is 1.46. The van der Waals surface area contributed by atoms with Gasteiger partial charge in [-0.25, -0.2) is 0 Å². The van der Waals surface area contributed by atoms with Crippen LogP contribution in [0.3, 0.4) is 0 Å². The van der Waals surface area contributed by atoms with Gasteiger partial charge in [0.1, 0.15) is 0 Å². The summed E-state index contributed by atoms with van der Waals surface area (Å²) in [7, 11) is 0. The van der Waals surface area contributed by atoms with Crippen molar-refractivity contribution in [1.82, 2.24) is 0 Å². The molecule has 1 aliphatic rings. The molecule has 0 radical (unpaired) electrons. The van der Waals surface area contributed by atoms with Crippen molar-refractivity contribution in [3.63, 3.8) is 0 Å². The van der Waals surface area contributed by atoms with Crippen LogP contribution in [0.2, 0.25) is 0 Å².